The molecular formula is C15H23NO2. The molecule has 100 valence electrons. The molecule has 1 atom stereocenters. The quantitative estimate of drug-likeness (QED) is 0.814. The van der Waals surface area contributed by atoms with E-state index in [9.17, 15) is 5.11 Å². The number of hydrogen-bond acceptors (Lipinski definition) is 3. The van der Waals surface area contributed by atoms with Gasteiger partial charge in [-0.1, -0.05) is 19.1 Å². The fourth-order valence-corrected chi connectivity index (χ4v) is 2.51. The summed E-state index contributed by atoms with van der Waals surface area (Å²) in [6.45, 7) is 5.04. The van der Waals surface area contributed by atoms with Crippen molar-refractivity contribution in [3.63, 3.8) is 0 Å². The molecule has 2 N–H and O–H groups in total. The van der Waals surface area contributed by atoms with Crippen LogP contribution in [0.5, 0.6) is 5.75 Å². The molecule has 0 radical (unpaired) electrons. The number of aromatic hydroxyl groups is 1. The van der Waals surface area contributed by atoms with E-state index >= 15 is 0 Å². The molecule has 3 heteroatoms. The number of ether oxygens (including phenoxy) is 1. The minimum absolute atomic E-state index is 0.327. The summed E-state index contributed by atoms with van der Waals surface area (Å²) in [5, 5.41) is 13.0. The van der Waals surface area contributed by atoms with Gasteiger partial charge >= 0.3 is 0 Å². The van der Waals surface area contributed by atoms with Gasteiger partial charge in [0.15, 0.2) is 0 Å². The smallest absolute Gasteiger partial charge is 0.115 e. The van der Waals surface area contributed by atoms with Crippen molar-refractivity contribution in [2.75, 3.05) is 6.61 Å². The maximum absolute atomic E-state index is 9.31. The topological polar surface area (TPSA) is 41.5 Å². The van der Waals surface area contributed by atoms with E-state index in [1.807, 2.05) is 19.1 Å². The molecule has 0 heterocycles. The van der Waals surface area contributed by atoms with Crippen molar-refractivity contribution in [2.24, 2.45) is 0 Å². The normalized spacial score (nSPS) is 24.6. The molecule has 0 aliphatic heterocycles. The number of hydrogen-bond donors (Lipinski definition) is 2. The summed E-state index contributed by atoms with van der Waals surface area (Å²) in [6.07, 6.45) is 3.73. The summed E-state index contributed by atoms with van der Waals surface area (Å²) in [7, 11) is 0. The molecule has 1 aromatic carbocycles. The molecule has 0 bridgehead atoms. The van der Waals surface area contributed by atoms with Gasteiger partial charge in [0.1, 0.15) is 5.75 Å². The zero-order chi connectivity index (χ0) is 13.0. The van der Waals surface area contributed by atoms with E-state index in [1.165, 1.54) is 5.56 Å². The molecule has 2 rings (SSSR count). The Morgan fingerprint density at radius 1 is 1.28 bits per heavy atom. The van der Waals surface area contributed by atoms with E-state index in [-0.39, 0.29) is 0 Å². The average Bonchev–Trinajstić information content (AvgIpc) is 2.33. The second-order valence-electron chi connectivity index (χ2n) is 4.96. The molecule has 1 fully saturated rings. The number of nitrogens with one attached hydrogen (secondary N) is 1. The van der Waals surface area contributed by atoms with E-state index < -0.39 is 0 Å². The second-order valence-corrected chi connectivity index (χ2v) is 4.96. The van der Waals surface area contributed by atoms with Crippen LogP contribution in [0.2, 0.25) is 0 Å². The first-order valence-electron chi connectivity index (χ1n) is 6.89. The SMILES string of the molecule is CCOC1CC(NC(CC)c2ccc(O)cc2)C1. The highest BCUT2D eigenvalue weighted by Crippen LogP contribution is 2.28. The summed E-state index contributed by atoms with van der Waals surface area (Å²) < 4.78 is 5.57. The Labute approximate surface area is 109 Å². The van der Waals surface area contributed by atoms with Gasteiger partial charge in [0, 0.05) is 18.7 Å². The minimum atomic E-state index is 0.327. The maximum Gasteiger partial charge on any atom is 0.115 e. The summed E-state index contributed by atoms with van der Waals surface area (Å²) in [6, 6.07) is 8.44. The zero-order valence-electron chi connectivity index (χ0n) is 11.2. The monoisotopic (exact) mass is 249 g/mol. The molecule has 18 heavy (non-hydrogen) atoms. The molecule has 0 saturated heterocycles. The fourth-order valence-electron chi connectivity index (χ4n) is 2.51. The lowest BCUT2D eigenvalue weighted by molar-refractivity contribution is -0.0126. The van der Waals surface area contributed by atoms with Crippen molar-refractivity contribution in [3.05, 3.63) is 29.8 Å². The standard InChI is InChI=1S/C15H23NO2/c1-3-15(11-5-7-13(17)8-6-11)16-12-9-14(10-12)18-4-2/h5-8,12,14-17H,3-4,9-10H2,1-2H3. The van der Waals surface area contributed by atoms with E-state index in [4.69, 9.17) is 4.74 Å². The van der Waals surface area contributed by atoms with Crippen molar-refractivity contribution in [2.45, 2.75) is 51.3 Å². The predicted octanol–water partition coefficient (Wildman–Crippen LogP) is 3.00. The first-order valence-corrected chi connectivity index (χ1v) is 6.89. The Kier molecular flexibility index (Phi) is 4.61. The van der Waals surface area contributed by atoms with Crippen LogP contribution in [-0.2, 0) is 4.74 Å². The average molecular weight is 249 g/mol. The molecule has 1 unspecified atom stereocenters. The molecular weight excluding hydrogens is 226 g/mol. The molecule has 0 aromatic heterocycles. The summed E-state index contributed by atoms with van der Waals surface area (Å²) in [5.74, 6) is 0.327. The van der Waals surface area contributed by atoms with Crippen LogP contribution < -0.4 is 5.32 Å². The molecule has 1 aliphatic rings. The Morgan fingerprint density at radius 3 is 2.50 bits per heavy atom. The van der Waals surface area contributed by atoms with Crippen LogP contribution in [0.1, 0.15) is 44.7 Å². The highest BCUT2D eigenvalue weighted by molar-refractivity contribution is 5.28. The third-order valence-electron chi connectivity index (χ3n) is 3.64. The second kappa shape index (κ2) is 6.21. The van der Waals surface area contributed by atoms with Crippen molar-refractivity contribution >= 4 is 0 Å². The van der Waals surface area contributed by atoms with Crippen LogP contribution >= 0.6 is 0 Å². The third-order valence-corrected chi connectivity index (χ3v) is 3.64. The first-order chi connectivity index (χ1) is 8.72. The zero-order valence-corrected chi connectivity index (χ0v) is 11.2. The van der Waals surface area contributed by atoms with Crippen molar-refractivity contribution < 1.29 is 9.84 Å². The Morgan fingerprint density at radius 2 is 1.94 bits per heavy atom. The van der Waals surface area contributed by atoms with Crippen molar-refractivity contribution in [1.29, 1.82) is 0 Å². The van der Waals surface area contributed by atoms with Crippen LogP contribution in [0.15, 0.2) is 24.3 Å². The number of phenolic OH excluding ortho intramolecular Hbond substituents is 1. The van der Waals surface area contributed by atoms with Gasteiger partial charge in [-0.15, -0.1) is 0 Å². The summed E-state index contributed by atoms with van der Waals surface area (Å²) in [4.78, 5) is 0. The molecule has 3 nitrogen and oxygen atoms in total. The van der Waals surface area contributed by atoms with Gasteiger partial charge in [0.05, 0.1) is 6.10 Å². The van der Waals surface area contributed by atoms with Gasteiger partial charge in [-0.3, -0.25) is 0 Å². The molecule has 1 aliphatic carbocycles. The van der Waals surface area contributed by atoms with Crippen LogP contribution in [0.4, 0.5) is 0 Å². The summed E-state index contributed by atoms with van der Waals surface area (Å²) in [5.41, 5.74) is 1.25. The minimum Gasteiger partial charge on any atom is -0.508 e. The fraction of sp³-hybridized carbons (Fsp3) is 0.600. The number of benzene rings is 1. The third kappa shape index (κ3) is 3.24. The largest absolute Gasteiger partial charge is 0.508 e. The summed E-state index contributed by atoms with van der Waals surface area (Å²) >= 11 is 0. The van der Waals surface area contributed by atoms with E-state index in [1.54, 1.807) is 12.1 Å². The molecule has 0 amide bonds. The molecule has 1 aromatic rings. The van der Waals surface area contributed by atoms with Gasteiger partial charge < -0.3 is 15.2 Å². The van der Waals surface area contributed by atoms with Crippen LogP contribution in [0, 0.1) is 0 Å². The Hall–Kier alpha value is -1.06. The molecule has 1 saturated carbocycles. The molecule has 0 spiro atoms. The van der Waals surface area contributed by atoms with Gasteiger partial charge in [-0.2, -0.15) is 0 Å². The van der Waals surface area contributed by atoms with Crippen molar-refractivity contribution in [3.8, 4) is 5.75 Å². The number of rotatable bonds is 6. The lowest BCUT2D eigenvalue weighted by atomic mass is 9.87. The van der Waals surface area contributed by atoms with Crippen LogP contribution in [-0.4, -0.2) is 23.9 Å². The predicted molar refractivity (Wildman–Crippen MR) is 72.7 cm³/mol. The van der Waals surface area contributed by atoms with Crippen molar-refractivity contribution in [1.82, 2.24) is 5.32 Å². The van der Waals surface area contributed by atoms with Crippen LogP contribution in [0.25, 0.3) is 0 Å². The lowest BCUT2D eigenvalue weighted by Gasteiger charge is -2.38. The van der Waals surface area contributed by atoms with Gasteiger partial charge in [0.25, 0.3) is 0 Å². The van der Waals surface area contributed by atoms with E-state index in [0.29, 0.717) is 23.9 Å². The van der Waals surface area contributed by atoms with E-state index in [0.717, 1.165) is 25.9 Å². The number of phenols is 1. The lowest BCUT2D eigenvalue weighted by Crippen LogP contribution is -2.46. The Balaban J connectivity index is 1.85. The first kappa shape index (κ1) is 13.4. The van der Waals surface area contributed by atoms with Gasteiger partial charge in [-0.25, -0.2) is 0 Å². The Bertz CT molecular complexity index is 357. The van der Waals surface area contributed by atoms with Gasteiger partial charge in [-0.05, 0) is 43.9 Å². The van der Waals surface area contributed by atoms with Gasteiger partial charge in [0.2, 0.25) is 0 Å². The van der Waals surface area contributed by atoms with E-state index in [2.05, 4.69) is 12.2 Å². The highest BCUT2D eigenvalue weighted by Gasteiger charge is 2.30. The maximum atomic E-state index is 9.31. The van der Waals surface area contributed by atoms with Crippen LogP contribution in [0.3, 0.4) is 0 Å². The highest BCUT2D eigenvalue weighted by atomic mass is 16.5.